The van der Waals surface area contributed by atoms with E-state index in [0.29, 0.717) is 10.8 Å². The van der Waals surface area contributed by atoms with Crippen LogP contribution in [0.2, 0.25) is 0 Å². The van der Waals surface area contributed by atoms with Gasteiger partial charge in [0.25, 0.3) is 0 Å². The summed E-state index contributed by atoms with van der Waals surface area (Å²) in [6.07, 6.45) is 18.1. The smallest absolute Gasteiger partial charge is 0.132 e. The van der Waals surface area contributed by atoms with Crippen LogP contribution >= 0.6 is 0 Å². The Morgan fingerprint density at radius 1 is 0.743 bits per heavy atom. The molecule has 0 aromatic heterocycles. The molecule has 190 valence electrons. The lowest BCUT2D eigenvalue weighted by molar-refractivity contribution is -0.0111. The number of hydrogen-bond donors (Lipinski definition) is 0. The molecule has 8 saturated carbocycles. The summed E-state index contributed by atoms with van der Waals surface area (Å²) >= 11 is 0. The molecule has 1 aromatic rings. The Hall–Kier alpha value is -1.02. The van der Waals surface area contributed by atoms with Gasteiger partial charge in [0, 0.05) is 11.0 Å². The van der Waals surface area contributed by atoms with Crippen LogP contribution in [0.1, 0.15) is 109 Å². The molecule has 0 amide bonds. The van der Waals surface area contributed by atoms with Crippen LogP contribution in [0.15, 0.2) is 18.2 Å². The summed E-state index contributed by atoms with van der Waals surface area (Å²) in [6.45, 7) is 7.84. The first-order chi connectivity index (χ1) is 16.8. The highest BCUT2D eigenvalue weighted by molar-refractivity contribution is 5.47. The van der Waals surface area contributed by atoms with Crippen molar-refractivity contribution in [3.05, 3.63) is 29.3 Å². The van der Waals surface area contributed by atoms with Gasteiger partial charge in [-0.2, -0.15) is 0 Å². The predicted octanol–water partition coefficient (Wildman–Crippen LogP) is 7.81. The van der Waals surface area contributed by atoms with Crippen LogP contribution in [0, 0.1) is 40.9 Å². The normalized spacial score (nSPS) is 47.8. The number of ether oxygens (including phenoxy) is 2. The van der Waals surface area contributed by atoms with E-state index in [1.165, 1.54) is 82.8 Å². The van der Waals surface area contributed by atoms with E-state index in [0.717, 1.165) is 42.1 Å². The maximum Gasteiger partial charge on any atom is 0.132 e. The van der Waals surface area contributed by atoms with Crippen LogP contribution in [0.3, 0.4) is 0 Å². The summed E-state index contributed by atoms with van der Waals surface area (Å²) in [6, 6.07) is 7.73. The van der Waals surface area contributed by atoms with Crippen molar-refractivity contribution >= 4 is 0 Å². The lowest BCUT2D eigenvalue weighted by atomic mass is 9.46. The lowest BCUT2D eigenvalue weighted by Crippen LogP contribution is -2.50. The Balaban J connectivity index is 1.22. The van der Waals surface area contributed by atoms with E-state index in [-0.39, 0.29) is 17.6 Å². The molecular weight excluding hydrogens is 428 g/mol. The van der Waals surface area contributed by atoms with Crippen LogP contribution in [0.25, 0.3) is 0 Å². The zero-order valence-electron chi connectivity index (χ0n) is 22.4. The molecule has 9 fully saturated rings. The Morgan fingerprint density at radius 2 is 1.20 bits per heavy atom. The quantitative estimate of drug-likeness (QED) is 0.406. The second-order valence-corrected chi connectivity index (χ2v) is 15.9. The van der Waals surface area contributed by atoms with Crippen molar-refractivity contribution in [2.24, 2.45) is 40.9 Å². The molecule has 8 bridgehead atoms. The molecule has 0 N–H and O–H groups in total. The topological polar surface area (TPSA) is 21.8 Å². The van der Waals surface area contributed by atoms with Crippen LogP contribution in [0.4, 0.5) is 0 Å². The third-order valence-electron chi connectivity index (χ3n) is 12.0. The third kappa shape index (κ3) is 3.51. The Labute approximate surface area is 212 Å². The number of epoxide rings is 1. The minimum absolute atomic E-state index is 0.0818. The maximum absolute atomic E-state index is 7.07. The molecule has 1 saturated heterocycles. The lowest BCUT2D eigenvalue weighted by Gasteiger charge is -2.58. The Morgan fingerprint density at radius 3 is 1.63 bits per heavy atom. The molecule has 1 aromatic carbocycles. The van der Waals surface area contributed by atoms with Gasteiger partial charge in [0.1, 0.15) is 18.0 Å². The first-order valence-corrected chi connectivity index (χ1v) is 15.2. The van der Waals surface area contributed by atoms with Gasteiger partial charge in [0.05, 0.1) is 6.61 Å². The predicted molar refractivity (Wildman–Crippen MR) is 140 cm³/mol. The van der Waals surface area contributed by atoms with Gasteiger partial charge in [-0.25, -0.2) is 0 Å². The van der Waals surface area contributed by atoms with E-state index >= 15 is 0 Å². The average Bonchev–Trinajstić information content (AvgIpc) is 3.60. The molecule has 2 atom stereocenters. The van der Waals surface area contributed by atoms with E-state index in [4.69, 9.17) is 9.47 Å². The van der Waals surface area contributed by atoms with Gasteiger partial charge >= 0.3 is 0 Å². The van der Waals surface area contributed by atoms with Gasteiger partial charge in [0.2, 0.25) is 0 Å². The minimum Gasteiger partial charge on any atom is -0.487 e. The Kier molecular flexibility index (Phi) is 4.59. The largest absolute Gasteiger partial charge is 0.487 e. The fourth-order valence-corrected chi connectivity index (χ4v) is 11.5. The third-order valence-corrected chi connectivity index (χ3v) is 12.0. The highest BCUT2D eigenvalue weighted by atomic mass is 16.6. The van der Waals surface area contributed by atoms with Crippen LogP contribution in [0.5, 0.6) is 5.75 Å². The monoisotopic (exact) mass is 474 g/mol. The molecule has 2 nitrogen and oxygen atoms in total. The zero-order chi connectivity index (χ0) is 23.6. The van der Waals surface area contributed by atoms with Crippen molar-refractivity contribution in [3.63, 3.8) is 0 Å². The Bertz CT molecular complexity index is 940. The highest BCUT2D eigenvalue weighted by Crippen LogP contribution is 2.64. The summed E-state index contributed by atoms with van der Waals surface area (Å²) in [7, 11) is 0. The summed E-state index contributed by atoms with van der Waals surface area (Å²) in [4.78, 5) is 0. The van der Waals surface area contributed by atoms with Gasteiger partial charge in [-0.3, -0.25) is 0 Å². The standard InChI is InChI=1S/C33H46O2/c1-31(2,3)30(29-19-34-29)35-28-5-4-26(32-13-20-6-21(14-32)8-22(7-20)15-32)12-27(28)33-16-23-9-24(17-33)11-25(10-23)18-33/h4-5,12,20-25,29-30H,6-11,13-19H2,1-3H3. The van der Waals surface area contributed by atoms with Crippen molar-refractivity contribution in [1.82, 2.24) is 0 Å². The zero-order valence-corrected chi connectivity index (χ0v) is 22.4. The second-order valence-electron chi connectivity index (χ2n) is 15.9. The van der Waals surface area contributed by atoms with Gasteiger partial charge in [0.15, 0.2) is 0 Å². The molecule has 2 heteroatoms. The molecule has 9 aliphatic rings. The molecule has 0 radical (unpaired) electrons. The number of hydrogen-bond acceptors (Lipinski definition) is 2. The minimum atomic E-state index is 0.0818. The second kappa shape index (κ2) is 7.30. The molecule has 8 aliphatic carbocycles. The maximum atomic E-state index is 7.07. The summed E-state index contributed by atoms with van der Waals surface area (Å²) in [5.41, 5.74) is 4.24. The number of benzene rings is 1. The van der Waals surface area contributed by atoms with Crippen LogP contribution in [-0.2, 0) is 15.6 Å². The fraction of sp³-hybridized carbons (Fsp3) is 0.818. The first-order valence-electron chi connectivity index (χ1n) is 15.2. The number of rotatable bonds is 5. The molecule has 1 heterocycles. The molecule has 0 spiro atoms. The summed E-state index contributed by atoms with van der Waals surface area (Å²) in [5, 5.41) is 0. The van der Waals surface area contributed by atoms with Gasteiger partial charge in [-0.05, 0) is 135 Å². The van der Waals surface area contributed by atoms with Crippen LogP contribution in [-0.4, -0.2) is 18.8 Å². The van der Waals surface area contributed by atoms with Crippen molar-refractivity contribution < 1.29 is 9.47 Å². The molecule has 35 heavy (non-hydrogen) atoms. The van der Waals surface area contributed by atoms with Crippen molar-refractivity contribution in [3.8, 4) is 5.75 Å². The van der Waals surface area contributed by atoms with E-state index in [2.05, 4.69) is 39.0 Å². The summed E-state index contributed by atoms with van der Waals surface area (Å²) < 4.78 is 12.9. The van der Waals surface area contributed by atoms with Crippen molar-refractivity contribution in [2.75, 3.05) is 6.61 Å². The van der Waals surface area contributed by atoms with Gasteiger partial charge < -0.3 is 9.47 Å². The fourth-order valence-electron chi connectivity index (χ4n) is 11.5. The molecular formula is C33H46O2. The highest BCUT2D eigenvalue weighted by Gasteiger charge is 2.55. The van der Waals surface area contributed by atoms with Crippen molar-refractivity contribution in [2.45, 2.75) is 121 Å². The van der Waals surface area contributed by atoms with Crippen molar-refractivity contribution in [1.29, 1.82) is 0 Å². The van der Waals surface area contributed by atoms with Gasteiger partial charge in [-0.1, -0.05) is 32.9 Å². The SMILES string of the molecule is CC(C)(C)C(Oc1ccc(C23CC4CC(CC(C4)C2)C3)cc1C12CC3CC(CC(C3)C1)C2)C1CO1. The van der Waals surface area contributed by atoms with E-state index in [1.54, 1.807) is 11.1 Å². The van der Waals surface area contributed by atoms with E-state index in [9.17, 15) is 0 Å². The van der Waals surface area contributed by atoms with Crippen LogP contribution < -0.4 is 4.74 Å². The van der Waals surface area contributed by atoms with E-state index in [1.807, 2.05) is 0 Å². The average molecular weight is 475 g/mol. The molecule has 10 rings (SSSR count). The first kappa shape index (κ1) is 22.0. The molecule has 2 unspecified atom stereocenters. The van der Waals surface area contributed by atoms with E-state index < -0.39 is 0 Å². The molecule has 1 aliphatic heterocycles. The van der Waals surface area contributed by atoms with Gasteiger partial charge in [-0.15, -0.1) is 0 Å². The summed E-state index contributed by atoms with van der Waals surface area (Å²) in [5.74, 6) is 7.09.